The fourth-order valence-corrected chi connectivity index (χ4v) is 2.07. The van der Waals surface area contributed by atoms with E-state index in [4.69, 9.17) is 0 Å². The van der Waals surface area contributed by atoms with E-state index in [0.717, 1.165) is 17.9 Å². The van der Waals surface area contributed by atoms with Crippen molar-refractivity contribution in [3.05, 3.63) is 0 Å². The van der Waals surface area contributed by atoms with Crippen molar-refractivity contribution in [3.63, 3.8) is 0 Å². The topological polar surface area (TPSA) is 12.0 Å². The van der Waals surface area contributed by atoms with Gasteiger partial charge in [-0.15, -0.1) is 0 Å². The van der Waals surface area contributed by atoms with Gasteiger partial charge in [0.1, 0.15) is 0 Å². The maximum Gasteiger partial charge on any atom is 0.0115 e. The monoisotopic (exact) mass is 169 g/mol. The molecule has 1 fully saturated rings. The van der Waals surface area contributed by atoms with Gasteiger partial charge >= 0.3 is 0 Å². The summed E-state index contributed by atoms with van der Waals surface area (Å²) in [5.74, 6) is 1.72. The third-order valence-electron chi connectivity index (χ3n) is 2.92. The Balaban J connectivity index is 2.39. The first kappa shape index (κ1) is 10.0. The summed E-state index contributed by atoms with van der Waals surface area (Å²) in [6.07, 6.45) is 1.34. The van der Waals surface area contributed by atoms with Gasteiger partial charge in [0.2, 0.25) is 0 Å². The molecule has 1 N–H and O–H groups in total. The lowest BCUT2D eigenvalue weighted by atomic mass is 9.70. The molecule has 0 aromatic carbocycles. The minimum atomic E-state index is 0.491. The molecular formula is C11H23N. The fraction of sp³-hybridized carbons (Fsp3) is 1.00. The minimum Gasteiger partial charge on any atom is -0.313 e. The van der Waals surface area contributed by atoms with Gasteiger partial charge in [0, 0.05) is 12.6 Å². The zero-order valence-electron chi connectivity index (χ0n) is 9.15. The highest BCUT2D eigenvalue weighted by atomic mass is 15.0. The number of nitrogens with one attached hydrogen (secondary N) is 1. The number of hydrogen-bond donors (Lipinski definition) is 1. The molecule has 0 spiro atoms. The summed E-state index contributed by atoms with van der Waals surface area (Å²) < 4.78 is 0. The molecule has 1 heteroatoms. The van der Waals surface area contributed by atoms with E-state index in [1.165, 1.54) is 13.0 Å². The van der Waals surface area contributed by atoms with Gasteiger partial charge in [-0.2, -0.15) is 0 Å². The van der Waals surface area contributed by atoms with Crippen molar-refractivity contribution in [2.24, 2.45) is 17.3 Å². The molecule has 0 saturated carbocycles. The van der Waals surface area contributed by atoms with Crippen LogP contribution in [0.1, 0.15) is 41.0 Å². The molecular weight excluding hydrogens is 146 g/mol. The van der Waals surface area contributed by atoms with Crippen LogP contribution in [-0.4, -0.2) is 12.6 Å². The summed E-state index contributed by atoms with van der Waals surface area (Å²) in [5.41, 5.74) is 0.491. The van der Waals surface area contributed by atoms with E-state index in [1.807, 2.05) is 0 Å². The van der Waals surface area contributed by atoms with Crippen molar-refractivity contribution >= 4 is 0 Å². The summed E-state index contributed by atoms with van der Waals surface area (Å²) in [6.45, 7) is 12.9. The maximum atomic E-state index is 3.53. The highest BCUT2D eigenvalue weighted by Gasteiger charge is 2.38. The van der Waals surface area contributed by atoms with Crippen LogP contribution in [0.3, 0.4) is 0 Å². The lowest BCUT2D eigenvalue weighted by Gasteiger charge is -2.47. The minimum absolute atomic E-state index is 0.491. The lowest BCUT2D eigenvalue weighted by molar-refractivity contribution is 0.0851. The molecule has 12 heavy (non-hydrogen) atoms. The molecule has 2 unspecified atom stereocenters. The van der Waals surface area contributed by atoms with Crippen molar-refractivity contribution in [3.8, 4) is 0 Å². The third-order valence-corrected chi connectivity index (χ3v) is 2.92. The van der Waals surface area contributed by atoms with Crippen LogP contribution in [0.4, 0.5) is 0 Å². The summed E-state index contributed by atoms with van der Waals surface area (Å²) in [6, 6.07) is 0.782. The second kappa shape index (κ2) is 3.37. The maximum absolute atomic E-state index is 3.53. The van der Waals surface area contributed by atoms with Gasteiger partial charge in [-0.05, 0) is 23.7 Å². The Labute approximate surface area is 76.9 Å². The average Bonchev–Trinajstić information content (AvgIpc) is 1.75. The molecule has 1 aliphatic heterocycles. The van der Waals surface area contributed by atoms with Gasteiger partial charge in [0.15, 0.2) is 0 Å². The molecule has 0 aromatic heterocycles. The number of hydrogen-bond acceptors (Lipinski definition) is 1. The van der Waals surface area contributed by atoms with Gasteiger partial charge in [-0.25, -0.2) is 0 Å². The lowest BCUT2D eigenvalue weighted by Crippen LogP contribution is -2.58. The van der Waals surface area contributed by atoms with Gasteiger partial charge in [-0.1, -0.05) is 34.6 Å². The normalized spacial score (nSPS) is 30.5. The van der Waals surface area contributed by atoms with Gasteiger partial charge in [0.25, 0.3) is 0 Å². The first-order chi connectivity index (χ1) is 5.41. The molecule has 1 heterocycles. The summed E-state index contributed by atoms with van der Waals surface area (Å²) in [4.78, 5) is 0. The Morgan fingerprint density at radius 2 is 1.92 bits per heavy atom. The van der Waals surface area contributed by atoms with Crippen LogP contribution in [0.25, 0.3) is 0 Å². The van der Waals surface area contributed by atoms with E-state index in [1.54, 1.807) is 0 Å². The van der Waals surface area contributed by atoms with E-state index >= 15 is 0 Å². The van der Waals surface area contributed by atoms with Crippen molar-refractivity contribution in [2.75, 3.05) is 6.54 Å². The molecule has 0 aromatic rings. The third kappa shape index (κ3) is 2.22. The molecule has 72 valence electrons. The van der Waals surface area contributed by atoms with Crippen molar-refractivity contribution in [1.82, 2.24) is 5.32 Å². The van der Waals surface area contributed by atoms with Gasteiger partial charge < -0.3 is 5.32 Å². The van der Waals surface area contributed by atoms with Crippen LogP contribution in [0.15, 0.2) is 0 Å². The summed E-state index contributed by atoms with van der Waals surface area (Å²) in [5, 5.41) is 3.53. The zero-order valence-corrected chi connectivity index (χ0v) is 9.15. The first-order valence-electron chi connectivity index (χ1n) is 5.14. The van der Waals surface area contributed by atoms with Crippen LogP contribution >= 0.6 is 0 Å². The molecule has 1 saturated heterocycles. The number of rotatable bonds is 2. The second-order valence-corrected chi connectivity index (χ2v) is 5.62. The Bertz CT molecular complexity index is 144. The molecule has 1 rings (SSSR count). The molecule has 0 amide bonds. The van der Waals surface area contributed by atoms with Gasteiger partial charge in [-0.3, -0.25) is 0 Å². The van der Waals surface area contributed by atoms with E-state index in [2.05, 4.69) is 39.9 Å². The standard InChI is InChI=1S/C11H23N/c1-8(2)6-10-9(7-12-10)11(3,4)5/h8-10,12H,6-7H2,1-5H3. The smallest absolute Gasteiger partial charge is 0.0115 e. The molecule has 0 radical (unpaired) electrons. The van der Waals surface area contributed by atoms with Crippen molar-refractivity contribution in [1.29, 1.82) is 0 Å². The average molecular weight is 169 g/mol. The highest BCUT2D eigenvalue weighted by molar-refractivity contribution is 4.94. The van der Waals surface area contributed by atoms with Crippen molar-refractivity contribution < 1.29 is 0 Å². The van der Waals surface area contributed by atoms with Crippen LogP contribution in [-0.2, 0) is 0 Å². The summed E-state index contributed by atoms with van der Waals surface area (Å²) in [7, 11) is 0. The molecule has 0 aliphatic carbocycles. The van der Waals surface area contributed by atoms with E-state index in [-0.39, 0.29) is 0 Å². The SMILES string of the molecule is CC(C)CC1NCC1C(C)(C)C. The highest BCUT2D eigenvalue weighted by Crippen LogP contribution is 2.35. The molecule has 1 nitrogen and oxygen atoms in total. The van der Waals surface area contributed by atoms with Crippen LogP contribution < -0.4 is 5.32 Å². The van der Waals surface area contributed by atoms with Crippen LogP contribution in [0.2, 0.25) is 0 Å². The van der Waals surface area contributed by atoms with Crippen molar-refractivity contribution in [2.45, 2.75) is 47.1 Å². The first-order valence-corrected chi connectivity index (χ1v) is 5.14. The van der Waals surface area contributed by atoms with Crippen LogP contribution in [0, 0.1) is 17.3 Å². The fourth-order valence-electron chi connectivity index (χ4n) is 2.07. The molecule has 0 bridgehead atoms. The Hall–Kier alpha value is -0.0400. The quantitative estimate of drug-likeness (QED) is 0.670. The Morgan fingerprint density at radius 3 is 2.17 bits per heavy atom. The summed E-state index contributed by atoms with van der Waals surface area (Å²) >= 11 is 0. The largest absolute Gasteiger partial charge is 0.313 e. The van der Waals surface area contributed by atoms with E-state index in [0.29, 0.717) is 5.41 Å². The predicted octanol–water partition coefficient (Wildman–Crippen LogP) is 2.67. The van der Waals surface area contributed by atoms with E-state index < -0.39 is 0 Å². The predicted molar refractivity (Wildman–Crippen MR) is 54.2 cm³/mol. The zero-order chi connectivity index (χ0) is 9.35. The Morgan fingerprint density at radius 1 is 1.33 bits per heavy atom. The van der Waals surface area contributed by atoms with Gasteiger partial charge in [0.05, 0.1) is 0 Å². The molecule has 1 aliphatic rings. The molecule has 2 atom stereocenters. The van der Waals surface area contributed by atoms with Crippen LogP contribution in [0.5, 0.6) is 0 Å². The second-order valence-electron chi connectivity index (χ2n) is 5.62. The Kier molecular flexibility index (Phi) is 2.82. The van der Waals surface area contributed by atoms with E-state index in [9.17, 15) is 0 Å².